The number of carbonyl (C=O) groups is 3. The first-order valence-corrected chi connectivity index (χ1v) is 12.0. The van der Waals surface area contributed by atoms with Gasteiger partial charge in [0.15, 0.2) is 11.4 Å². The van der Waals surface area contributed by atoms with Crippen LogP contribution in [0.3, 0.4) is 0 Å². The molecule has 3 atom stereocenters. The van der Waals surface area contributed by atoms with Gasteiger partial charge in [0.2, 0.25) is 5.78 Å². The molecule has 0 heterocycles. The van der Waals surface area contributed by atoms with Crippen molar-refractivity contribution in [2.45, 2.75) is 57.8 Å². The summed E-state index contributed by atoms with van der Waals surface area (Å²) in [6, 6.07) is 1.77. The van der Waals surface area contributed by atoms with Crippen LogP contribution in [-0.4, -0.2) is 63.2 Å². The topological polar surface area (TPSA) is 183 Å². The van der Waals surface area contributed by atoms with Gasteiger partial charge in [-0.2, -0.15) is 5.48 Å². The molecule has 1 amide bonds. The number of hydrogen-bond acceptors (Lipinski definition) is 10. The first-order valence-electron chi connectivity index (χ1n) is 12.0. The number of aliphatic hydroxyl groups excluding tert-OH is 2. The Balaban J connectivity index is 1.87. The van der Waals surface area contributed by atoms with E-state index in [1.54, 1.807) is 6.07 Å². The van der Waals surface area contributed by atoms with Crippen molar-refractivity contribution in [2.75, 3.05) is 19.0 Å². The Labute approximate surface area is 214 Å². The van der Waals surface area contributed by atoms with E-state index < -0.39 is 57.6 Å². The van der Waals surface area contributed by atoms with E-state index in [1.165, 1.54) is 0 Å². The second-order valence-corrected chi connectivity index (χ2v) is 11.1. The van der Waals surface area contributed by atoms with E-state index in [4.69, 9.17) is 10.6 Å². The second-order valence-electron chi connectivity index (χ2n) is 11.1. The number of Topliss-reactive ketones (excluding diaryl/α,β-unsaturated/α-hetero) is 2. The Hall–Kier alpha value is -3.41. The lowest BCUT2D eigenvalue weighted by atomic mass is 9.59. The Morgan fingerprint density at radius 3 is 2.43 bits per heavy atom. The number of rotatable bonds is 5. The van der Waals surface area contributed by atoms with Crippen molar-refractivity contribution in [1.29, 1.82) is 0 Å². The Morgan fingerprint density at radius 2 is 1.86 bits per heavy atom. The Bertz CT molecular complexity index is 1270. The van der Waals surface area contributed by atoms with Crippen LogP contribution in [0.25, 0.3) is 5.76 Å². The van der Waals surface area contributed by atoms with E-state index >= 15 is 0 Å². The summed E-state index contributed by atoms with van der Waals surface area (Å²) in [5, 5.41) is 44.6. The molecule has 0 unspecified atom stereocenters. The van der Waals surface area contributed by atoms with Crippen LogP contribution in [0.5, 0.6) is 5.75 Å². The molecule has 1 fully saturated rings. The fourth-order valence-corrected chi connectivity index (χ4v) is 5.59. The number of amides is 1. The summed E-state index contributed by atoms with van der Waals surface area (Å²) in [6.07, 6.45) is -0.0346. The van der Waals surface area contributed by atoms with Crippen molar-refractivity contribution in [3.8, 4) is 5.75 Å². The van der Waals surface area contributed by atoms with Crippen LogP contribution in [-0.2, 0) is 32.2 Å². The van der Waals surface area contributed by atoms with Crippen LogP contribution in [0.1, 0.15) is 50.3 Å². The van der Waals surface area contributed by atoms with E-state index in [-0.39, 0.29) is 42.7 Å². The maximum Gasteiger partial charge on any atom is 0.255 e. The zero-order chi connectivity index (χ0) is 27.6. The molecular weight excluding hydrogens is 482 g/mol. The van der Waals surface area contributed by atoms with Crippen LogP contribution in [0.15, 0.2) is 23.0 Å². The van der Waals surface area contributed by atoms with Crippen molar-refractivity contribution in [2.24, 2.45) is 17.6 Å². The minimum absolute atomic E-state index is 0.0471. The molecule has 3 aliphatic carbocycles. The average Bonchev–Trinajstić information content (AvgIpc) is 2.76. The number of nitrogens with one attached hydrogen (secondary N) is 1. The van der Waals surface area contributed by atoms with Gasteiger partial charge in [0.05, 0.1) is 11.2 Å². The van der Waals surface area contributed by atoms with Crippen molar-refractivity contribution >= 4 is 28.9 Å². The third-order valence-electron chi connectivity index (χ3n) is 7.24. The van der Waals surface area contributed by atoms with Crippen LogP contribution in [0.2, 0.25) is 0 Å². The summed E-state index contributed by atoms with van der Waals surface area (Å²) < 4.78 is 0. The summed E-state index contributed by atoms with van der Waals surface area (Å²) >= 11 is 0. The molecule has 0 saturated heterocycles. The van der Waals surface area contributed by atoms with Crippen molar-refractivity contribution in [3.05, 3.63) is 39.7 Å². The Morgan fingerprint density at radius 1 is 1.22 bits per heavy atom. The zero-order valence-corrected chi connectivity index (χ0v) is 21.5. The minimum atomic E-state index is -2.59. The Kier molecular flexibility index (Phi) is 6.38. The molecule has 0 spiro atoms. The van der Waals surface area contributed by atoms with Gasteiger partial charge >= 0.3 is 0 Å². The van der Waals surface area contributed by atoms with Crippen LogP contribution < -0.4 is 16.1 Å². The van der Waals surface area contributed by atoms with E-state index in [0.29, 0.717) is 16.8 Å². The molecule has 0 aromatic heterocycles. The molecule has 3 aliphatic rings. The quantitative estimate of drug-likeness (QED) is 0.247. The predicted octanol–water partition coefficient (Wildman–Crippen LogP) is 1.31. The first kappa shape index (κ1) is 26.6. The molecule has 1 aromatic carbocycles. The maximum absolute atomic E-state index is 13.7. The van der Waals surface area contributed by atoms with E-state index in [9.17, 15) is 34.8 Å². The number of phenols is 1. The predicted molar refractivity (Wildman–Crippen MR) is 133 cm³/mol. The van der Waals surface area contributed by atoms with Crippen LogP contribution in [0, 0.1) is 11.8 Å². The highest BCUT2D eigenvalue weighted by atomic mass is 16.7. The number of hydroxylamine groups is 1. The number of fused-ring (bicyclic) bond motifs is 3. The number of ketones is 2. The van der Waals surface area contributed by atoms with Gasteiger partial charge in [-0.1, -0.05) is 0 Å². The number of hydrogen-bond donors (Lipinski definition) is 6. The van der Waals surface area contributed by atoms with Gasteiger partial charge in [0, 0.05) is 49.8 Å². The molecule has 4 rings (SSSR count). The summed E-state index contributed by atoms with van der Waals surface area (Å²) in [5.74, 6) is -6.49. The molecule has 0 aliphatic heterocycles. The zero-order valence-electron chi connectivity index (χ0n) is 21.5. The normalized spacial score (nSPS) is 25.6. The number of nitrogens with two attached hydrogens (primary N) is 1. The highest BCUT2D eigenvalue weighted by molar-refractivity contribution is 6.22. The fourth-order valence-electron chi connectivity index (χ4n) is 5.59. The van der Waals surface area contributed by atoms with Gasteiger partial charge in [-0.05, 0) is 51.2 Å². The van der Waals surface area contributed by atoms with Gasteiger partial charge in [0.25, 0.3) is 5.91 Å². The molecule has 37 heavy (non-hydrogen) atoms. The highest BCUT2D eigenvalue weighted by Gasteiger charge is 2.60. The lowest BCUT2D eigenvalue weighted by molar-refractivity contribution is -0.147. The molecule has 7 N–H and O–H groups in total. The molecule has 1 aromatic rings. The molecule has 0 radical (unpaired) electrons. The van der Waals surface area contributed by atoms with Gasteiger partial charge in [-0.25, -0.2) is 0 Å². The molecular formula is C26H33N3O8. The van der Waals surface area contributed by atoms with Gasteiger partial charge < -0.3 is 31.1 Å². The molecule has 1 saturated carbocycles. The molecule has 11 heteroatoms. The minimum Gasteiger partial charge on any atom is -0.508 e. The molecule has 11 nitrogen and oxygen atoms in total. The lowest BCUT2D eigenvalue weighted by Crippen LogP contribution is -2.58. The molecule has 200 valence electrons. The SMILES string of the molecule is CN(C)c1cc(CNOC(C)(C)C)c(O)c2c1C[C@H]1C[C@H]3CC(=O)C(C(N)=O)=C(O)[C@@]3(O)C(=O)C1=C2O. The summed E-state index contributed by atoms with van der Waals surface area (Å²) in [7, 11) is 3.62. The first-order chi connectivity index (χ1) is 17.1. The van der Waals surface area contributed by atoms with Crippen LogP contribution in [0.4, 0.5) is 5.69 Å². The van der Waals surface area contributed by atoms with E-state index in [0.717, 1.165) is 0 Å². The number of aromatic hydroxyl groups is 1. The summed E-state index contributed by atoms with van der Waals surface area (Å²) in [5.41, 5.74) is 5.73. The van der Waals surface area contributed by atoms with Gasteiger partial charge in [-0.3, -0.25) is 19.2 Å². The number of benzene rings is 1. The second kappa shape index (κ2) is 8.86. The van der Waals surface area contributed by atoms with Crippen LogP contribution >= 0.6 is 0 Å². The summed E-state index contributed by atoms with van der Waals surface area (Å²) in [4.78, 5) is 45.3. The maximum atomic E-state index is 13.7. The summed E-state index contributed by atoms with van der Waals surface area (Å²) in [6.45, 7) is 5.66. The number of phenolic OH excluding ortho intramolecular Hbond substituents is 1. The van der Waals surface area contributed by atoms with E-state index in [1.807, 2.05) is 39.8 Å². The van der Waals surface area contributed by atoms with Crippen molar-refractivity contribution < 1.29 is 39.6 Å². The van der Waals surface area contributed by atoms with Gasteiger partial charge in [0.1, 0.15) is 22.8 Å². The fraction of sp³-hybridized carbons (Fsp3) is 0.500. The van der Waals surface area contributed by atoms with E-state index in [2.05, 4.69) is 5.48 Å². The highest BCUT2D eigenvalue weighted by Crippen LogP contribution is 2.53. The smallest absolute Gasteiger partial charge is 0.255 e. The standard InChI is InChI=1S/C26H33N3O8/c1-25(2,3)37-28-10-12-8-15(29(4)5)14-7-11-6-13-9-16(30)19(24(27)35)23(34)26(13,36)22(33)17(11)21(32)18(14)20(12)31/h8,11,13,28,31-32,34,36H,6-7,9-10H2,1-5H3,(H2,27,35)/t11-,13+,26+/m1/s1. The average molecular weight is 516 g/mol. The largest absolute Gasteiger partial charge is 0.508 e. The van der Waals surface area contributed by atoms with Gasteiger partial charge in [-0.15, -0.1) is 0 Å². The molecule has 0 bridgehead atoms. The number of aliphatic hydroxyl groups is 3. The third kappa shape index (κ3) is 4.16. The third-order valence-corrected chi connectivity index (χ3v) is 7.24. The number of carbonyl (C=O) groups excluding carboxylic acids is 3. The number of primary amides is 1. The van der Waals surface area contributed by atoms with Crippen molar-refractivity contribution in [3.63, 3.8) is 0 Å². The van der Waals surface area contributed by atoms with Crippen molar-refractivity contribution in [1.82, 2.24) is 5.48 Å². The number of anilines is 1. The number of nitrogens with zero attached hydrogens (tertiary/aromatic N) is 1. The lowest BCUT2D eigenvalue weighted by Gasteiger charge is -2.46. The monoisotopic (exact) mass is 515 g/mol.